The summed E-state index contributed by atoms with van der Waals surface area (Å²) in [5.74, 6) is 0.872. The molecule has 1 aromatic heterocycles. The van der Waals surface area contributed by atoms with Gasteiger partial charge in [-0.25, -0.2) is 9.37 Å². The lowest BCUT2D eigenvalue weighted by Crippen LogP contribution is -2.39. The molecule has 2 heterocycles. The van der Waals surface area contributed by atoms with Crippen LogP contribution in [0.25, 0.3) is 0 Å². The molecule has 0 radical (unpaired) electrons. The van der Waals surface area contributed by atoms with Crippen LogP contribution in [-0.2, 0) is 0 Å². The van der Waals surface area contributed by atoms with Crippen LogP contribution in [0, 0.1) is 12.7 Å². The monoisotopic (exact) mass is 285 g/mol. The number of piperidine rings is 1. The van der Waals surface area contributed by atoms with Crippen LogP contribution in [0.15, 0.2) is 42.6 Å². The van der Waals surface area contributed by atoms with E-state index in [2.05, 4.69) is 21.3 Å². The quantitative estimate of drug-likeness (QED) is 0.933. The fraction of sp³-hybridized carbons (Fsp3) is 0.353. The summed E-state index contributed by atoms with van der Waals surface area (Å²) in [5.41, 5.74) is 2.00. The molecule has 21 heavy (non-hydrogen) atoms. The van der Waals surface area contributed by atoms with Gasteiger partial charge >= 0.3 is 0 Å². The van der Waals surface area contributed by atoms with Gasteiger partial charge in [-0.15, -0.1) is 0 Å². The number of benzene rings is 1. The molecule has 0 amide bonds. The highest BCUT2D eigenvalue weighted by Gasteiger charge is 2.20. The summed E-state index contributed by atoms with van der Waals surface area (Å²) < 4.78 is 13.1. The summed E-state index contributed by atoms with van der Waals surface area (Å²) in [7, 11) is 0. The van der Waals surface area contributed by atoms with E-state index in [0.29, 0.717) is 6.04 Å². The molecule has 1 aliphatic rings. The molecule has 4 heteroatoms. The normalized spacial score (nSPS) is 16.0. The number of nitrogens with zero attached hydrogens (tertiary/aromatic N) is 2. The van der Waals surface area contributed by atoms with Gasteiger partial charge in [-0.3, -0.25) is 0 Å². The zero-order chi connectivity index (χ0) is 14.7. The van der Waals surface area contributed by atoms with Crippen LogP contribution >= 0.6 is 0 Å². The second-order valence-electron chi connectivity index (χ2n) is 5.55. The van der Waals surface area contributed by atoms with E-state index >= 15 is 0 Å². The van der Waals surface area contributed by atoms with Crippen LogP contribution in [0.1, 0.15) is 18.4 Å². The fourth-order valence-corrected chi connectivity index (χ4v) is 2.80. The van der Waals surface area contributed by atoms with Gasteiger partial charge < -0.3 is 10.2 Å². The van der Waals surface area contributed by atoms with E-state index in [1.807, 2.05) is 31.3 Å². The Kier molecular flexibility index (Phi) is 4.04. The maximum Gasteiger partial charge on any atom is 0.128 e. The van der Waals surface area contributed by atoms with Crippen LogP contribution in [0.5, 0.6) is 0 Å². The smallest absolute Gasteiger partial charge is 0.128 e. The van der Waals surface area contributed by atoms with Crippen molar-refractivity contribution in [2.45, 2.75) is 25.8 Å². The molecule has 1 saturated heterocycles. The number of pyridine rings is 1. The van der Waals surface area contributed by atoms with E-state index in [1.54, 1.807) is 6.07 Å². The third kappa shape index (κ3) is 3.32. The first-order valence-electron chi connectivity index (χ1n) is 7.41. The van der Waals surface area contributed by atoms with Gasteiger partial charge in [0.25, 0.3) is 0 Å². The molecule has 1 N–H and O–H groups in total. The third-order valence-electron chi connectivity index (χ3n) is 4.02. The number of halogens is 1. The average molecular weight is 285 g/mol. The van der Waals surface area contributed by atoms with E-state index < -0.39 is 0 Å². The summed E-state index contributed by atoms with van der Waals surface area (Å²) in [6.07, 6.45) is 3.96. The molecule has 1 aliphatic heterocycles. The van der Waals surface area contributed by atoms with Crippen LogP contribution in [0.4, 0.5) is 15.9 Å². The Balaban J connectivity index is 1.59. The van der Waals surface area contributed by atoms with Gasteiger partial charge in [0.1, 0.15) is 11.6 Å². The second-order valence-corrected chi connectivity index (χ2v) is 5.55. The molecule has 3 rings (SSSR count). The van der Waals surface area contributed by atoms with Crippen molar-refractivity contribution in [2.24, 2.45) is 0 Å². The number of nitrogens with one attached hydrogen (secondary N) is 1. The Hall–Kier alpha value is -2.10. The van der Waals surface area contributed by atoms with Gasteiger partial charge in [0.2, 0.25) is 0 Å². The Morgan fingerprint density at radius 2 is 2.00 bits per heavy atom. The minimum Gasteiger partial charge on any atom is -0.382 e. The van der Waals surface area contributed by atoms with Crippen molar-refractivity contribution in [1.29, 1.82) is 0 Å². The highest BCUT2D eigenvalue weighted by molar-refractivity contribution is 5.51. The van der Waals surface area contributed by atoms with E-state index in [1.165, 1.54) is 6.07 Å². The molecule has 1 aromatic carbocycles. The van der Waals surface area contributed by atoms with Gasteiger partial charge in [0.15, 0.2) is 0 Å². The predicted octanol–water partition coefficient (Wildman–Crippen LogP) is 3.61. The topological polar surface area (TPSA) is 28.2 Å². The minimum atomic E-state index is -0.178. The number of hydrogen-bond donors (Lipinski definition) is 1. The molecular weight excluding hydrogens is 265 g/mol. The Bertz CT molecular complexity index is 592. The SMILES string of the molecule is Cc1cc(F)ccc1NC1CCN(c2ccccn2)CC1. The van der Waals surface area contributed by atoms with Gasteiger partial charge in [0, 0.05) is 31.0 Å². The molecule has 0 atom stereocenters. The van der Waals surface area contributed by atoms with Crippen molar-refractivity contribution in [3.63, 3.8) is 0 Å². The number of hydrogen-bond acceptors (Lipinski definition) is 3. The lowest BCUT2D eigenvalue weighted by atomic mass is 10.0. The van der Waals surface area contributed by atoms with Crippen molar-refractivity contribution in [3.05, 3.63) is 54.0 Å². The highest BCUT2D eigenvalue weighted by atomic mass is 19.1. The standard InChI is InChI=1S/C17H20FN3/c1-13-12-14(18)5-6-16(13)20-15-7-10-21(11-8-15)17-4-2-3-9-19-17/h2-6,9,12,15,20H,7-8,10-11H2,1H3. The van der Waals surface area contributed by atoms with Crippen molar-refractivity contribution in [2.75, 3.05) is 23.3 Å². The van der Waals surface area contributed by atoms with E-state index in [9.17, 15) is 4.39 Å². The van der Waals surface area contributed by atoms with Crippen LogP contribution in [0.2, 0.25) is 0 Å². The second kappa shape index (κ2) is 6.12. The van der Waals surface area contributed by atoms with Gasteiger partial charge in [-0.2, -0.15) is 0 Å². The lowest BCUT2D eigenvalue weighted by Gasteiger charge is -2.33. The molecular formula is C17H20FN3. The van der Waals surface area contributed by atoms with Gasteiger partial charge in [0.05, 0.1) is 0 Å². The van der Waals surface area contributed by atoms with Gasteiger partial charge in [-0.05, 0) is 55.7 Å². The van der Waals surface area contributed by atoms with Crippen LogP contribution < -0.4 is 10.2 Å². The van der Waals surface area contributed by atoms with Crippen molar-refractivity contribution >= 4 is 11.5 Å². The molecule has 1 fully saturated rings. The van der Waals surface area contributed by atoms with Crippen molar-refractivity contribution in [3.8, 4) is 0 Å². The zero-order valence-corrected chi connectivity index (χ0v) is 12.2. The molecule has 0 unspecified atom stereocenters. The molecule has 110 valence electrons. The van der Waals surface area contributed by atoms with Crippen LogP contribution in [0.3, 0.4) is 0 Å². The van der Waals surface area contributed by atoms with Crippen molar-refractivity contribution < 1.29 is 4.39 Å². The number of rotatable bonds is 3. The number of aryl methyl sites for hydroxylation is 1. The summed E-state index contributed by atoms with van der Waals surface area (Å²) in [6, 6.07) is 11.4. The first-order chi connectivity index (χ1) is 10.2. The van der Waals surface area contributed by atoms with E-state index in [-0.39, 0.29) is 5.82 Å². The molecule has 0 bridgehead atoms. The van der Waals surface area contributed by atoms with Crippen LogP contribution in [-0.4, -0.2) is 24.1 Å². The van der Waals surface area contributed by atoms with Gasteiger partial charge in [-0.1, -0.05) is 6.07 Å². The highest BCUT2D eigenvalue weighted by Crippen LogP contribution is 2.22. The molecule has 2 aromatic rings. The van der Waals surface area contributed by atoms with E-state index in [0.717, 1.165) is 43.0 Å². The molecule has 0 spiro atoms. The number of anilines is 2. The Morgan fingerprint density at radius 1 is 1.19 bits per heavy atom. The summed E-state index contributed by atoms with van der Waals surface area (Å²) in [5, 5.41) is 3.53. The Morgan fingerprint density at radius 3 is 2.67 bits per heavy atom. The predicted molar refractivity (Wildman–Crippen MR) is 84.2 cm³/mol. The first kappa shape index (κ1) is 13.9. The molecule has 0 aliphatic carbocycles. The fourth-order valence-electron chi connectivity index (χ4n) is 2.80. The maximum absolute atomic E-state index is 13.1. The molecule has 3 nitrogen and oxygen atoms in total. The minimum absolute atomic E-state index is 0.178. The summed E-state index contributed by atoms with van der Waals surface area (Å²) in [6.45, 7) is 3.93. The molecule has 0 saturated carbocycles. The average Bonchev–Trinajstić information content (AvgIpc) is 2.52. The first-order valence-corrected chi connectivity index (χ1v) is 7.41. The lowest BCUT2D eigenvalue weighted by molar-refractivity contribution is 0.523. The summed E-state index contributed by atoms with van der Waals surface area (Å²) in [4.78, 5) is 6.71. The number of aromatic nitrogens is 1. The van der Waals surface area contributed by atoms with E-state index in [4.69, 9.17) is 0 Å². The maximum atomic E-state index is 13.1. The zero-order valence-electron chi connectivity index (χ0n) is 12.2. The largest absolute Gasteiger partial charge is 0.382 e. The Labute approximate surface area is 124 Å². The third-order valence-corrected chi connectivity index (χ3v) is 4.02. The summed E-state index contributed by atoms with van der Waals surface area (Å²) >= 11 is 0. The van der Waals surface area contributed by atoms with Crippen molar-refractivity contribution in [1.82, 2.24) is 4.98 Å².